The van der Waals surface area contributed by atoms with Gasteiger partial charge in [-0.05, 0) is 12.1 Å². The van der Waals surface area contributed by atoms with Crippen LogP contribution >= 0.6 is 23.2 Å². The van der Waals surface area contributed by atoms with Crippen LogP contribution in [-0.2, 0) is 9.59 Å². The summed E-state index contributed by atoms with van der Waals surface area (Å²) in [4.78, 5) is 21.3. The lowest BCUT2D eigenvalue weighted by Gasteiger charge is -2.08. The van der Waals surface area contributed by atoms with Crippen LogP contribution in [0, 0.1) is 5.82 Å². The van der Waals surface area contributed by atoms with Crippen LogP contribution in [0.2, 0.25) is 5.02 Å². The predicted molar refractivity (Wildman–Crippen MR) is 52.6 cm³/mol. The third kappa shape index (κ3) is 2.46. The molecule has 80 valence electrons. The average Bonchev–Trinajstić information content (AvgIpc) is 2.15. The van der Waals surface area contributed by atoms with Crippen LogP contribution in [0.25, 0.3) is 0 Å². The van der Waals surface area contributed by atoms with Gasteiger partial charge in [0, 0.05) is 10.6 Å². The first-order valence-electron chi connectivity index (χ1n) is 3.80. The molecule has 0 saturated carbocycles. The Labute approximate surface area is 94.4 Å². The summed E-state index contributed by atoms with van der Waals surface area (Å²) in [6.45, 7) is 0. The minimum Gasteiger partial charge on any atom is -0.475 e. The predicted octanol–water partition coefficient (Wildman–Crippen LogP) is 2.41. The summed E-state index contributed by atoms with van der Waals surface area (Å²) < 4.78 is 13.2. The van der Waals surface area contributed by atoms with Gasteiger partial charge < -0.3 is 5.11 Å². The van der Waals surface area contributed by atoms with Crippen LogP contribution in [0.4, 0.5) is 4.39 Å². The van der Waals surface area contributed by atoms with Gasteiger partial charge in [-0.15, -0.1) is 11.6 Å². The van der Waals surface area contributed by atoms with Crippen molar-refractivity contribution in [1.29, 1.82) is 0 Å². The van der Waals surface area contributed by atoms with Crippen molar-refractivity contribution in [3.05, 3.63) is 34.6 Å². The van der Waals surface area contributed by atoms with E-state index in [1.807, 2.05) is 0 Å². The molecule has 0 heterocycles. The summed E-state index contributed by atoms with van der Waals surface area (Å²) in [5.74, 6) is -3.85. The Morgan fingerprint density at radius 3 is 2.47 bits per heavy atom. The van der Waals surface area contributed by atoms with E-state index in [9.17, 15) is 14.0 Å². The van der Waals surface area contributed by atoms with Crippen LogP contribution in [-0.4, -0.2) is 16.9 Å². The van der Waals surface area contributed by atoms with E-state index in [2.05, 4.69) is 0 Å². The molecule has 0 aromatic heterocycles. The molecule has 0 aliphatic carbocycles. The standard InChI is InChI=1S/C9H5Cl2FO3/c10-4-2-1-3-5(12)6(4)7(11)8(13)9(14)15/h1-3,7H,(H,14,15). The number of Topliss-reactive ketones (excluding diaryl/α,β-unsaturated/α-hetero) is 1. The zero-order valence-corrected chi connectivity index (χ0v) is 8.72. The van der Waals surface area contributed by atoms with Gasteiger partial charge in [0.25, 0.3) is 5.78 Å². The zero-order valence-electron chi connectivity index (χ0n) is 7.21. The molecule has 0 amide bonds. The third-order valence-electron chi connectivity index (χ3n) is 1.69. The topological polar surface area (TPSA) is 54.4 Å². The van der Waals surface area contributed by atoms with Crippen LogP contribution in [0.15, 0.2) is 18.2 Å². The van der Waals surface area contributed by atoms with Crippen LogP contribution in [0.5, 0.6) is 0 Å². The average molecular weight is 251 g/mol. The Hall–Kier alpha value is -1.13. The van der Waals surface area contributed by atoms with Crippen molar-refractivity contribution in [2.24, 2.45) is 0 Å². The van der Waals surface area contributed by atoms with Gasteiger partial charge in [0.05, 0.1) is 0 Å². The largest absolute Gasteiger partial charge is 0.475 e. The first-order chi connectivity index (χ1) is 6.95. The van der Waals surface area contributed by atoms with Gasteiger partial charge in [0.1, 0.15) is 11.2 Å². The van der Waals surface area contributed by atoms with Gasteiger partial charge in [-0.3, -0.25) is 4.79 Å². The number of aliphatic carboxylic acids is 1. The van der Waals surface area contributed by atoms with Crippen molar-refractivity contribution < 1.29 is 19.1 Å². The lowest BCUT2D eigenvalue weighted by Crippen LogP contribution is -2.19. The fraction of sp³-hybridized carbons (Fsp3) is 0.111. The second-order valence-corrected chi connectivity index (χ2v) is 3.51. The minimum absolute atomic E-state index is 0.0791. The summed E-state index contributed by atoms with van der Waals surface area (Å²) in [6, 6.07) is 3.70. The van der Waals surface area contributed by atoms with Gasteiger partial charge in [-0.2, -0.15) is 0 Å². The molecule has 1 unspecified atom stereocenters. The molecule has 0 bridgehead atoms. The monoisotopic (exact) mass is 250 g/mol. The summed E-state index contributed by atoms with van der Waals surface area (Å²) in [6.07, 6.45) is 0. The van der Waals surface area contributed by atoms with E-state index in [0.717, 1.165) is 6.07 Å². The quantitative estimate of drug-likeness (QED) is 0.662. The van der Waals surface area contributed by atoms with Crippen LogP contribution < -0.4 is 0 Å². The number of carbonyl (C=O) groups is 2. The molecule has 6 heteroatoms. The number of ketones is 1. The minimum atomic E-state index is -1.73. The molecule has 1 N–H and O–H groups in total. The number of hydrogen-bond acceptors (Lipinski definition) is 2. The smallest absolute Gasteiger partial charge is 0.374 e. The molecule has 1 aromatic carbocycles. The maximum absolute atomic E-state index is 13.2. The Bertz CT molecular complexity index is 400. The molecule has 0 saturated heterocycles. The lowest BCUT2D eigenvalue weighted by molar-refractivity contribution is -0.149. The Morgan fingerprint density at radius 2 is 2.00 bits per heavy atom. The number of rotatable bonds is 3. The molecule has 0 fully saturated rings. The van der Waals surface area contributed by atoms with Crippen molar-refractivity contribution in [3.8, 4) is 0 Å². The van der Waals surface area contributed by atoms with Crippen molar-refractivity contribution in [3.63, 3.8) is 0 Å². The Morgan fingerprint density at radius 1 is 1.40 bits per heavy atom. The van der Waals surface area contributed by atoms with Crippen molar-refractivity contribution >= 4 is 35.0 Å². The summed E-state index contributed by atoms with van der Waals surface area (Å²) >= 11 is 11.1. The van der Waals surface area contributed by atoms with E-state index in [4.69, 9.17) is 28.3 Å². The fourth-order valence-electron chi connectivity index (χ4n) is 0.992. The number of benzene rings is 1. The molecular formula is C9H5Cl2FO3. The van der Waals surface area contributed by atoms with Crippen LogP contribution in [0.3, 0.4) is 0 Å². The number of carboxylic acids is 1. The van der Waals surface area contributed by atoms with E-state index >= 15 is 0 Å². The number of halogens is 3. The number of alkyl halides is 1. The normalized spacial score (nSPS) is 12.2. The molecule has 3 nitrogen and oxygen atoms in total. The molecule has 0 aliphatic rings. The van der Waals surface area contributed by atoms with Gasteiger partial charge in [-0.25, -0.2) is 9.18 Å². The van der Waals surface area contributed by atoms with Crippen molar-refractivity contribution in [2.75, 3.05) is 0 Å². The SMILES string of the molecule is O=C(O)C(=O)C(Cl)c1c(F)cccc1Cl. The van der Waals surface area contributed by atoms with E-state index in [0.29, 0.717) is 0 Å². The van der Waals surface area contributed by atoms with Gasteiger partial charge in [-0.1, -0.05) is 17.7 Å². The van der Waals surface area contributed by atoms with Gasteiger partial charge >= 0.3 is 5.97 Å². The number of hydrogen-bond donors (Lipinski definition) is 1. The first kappa shape index (κ1) is 11.9. The highest BCUT2D eigenvalue weighted by Crippen LogP contribution is 2.30. The number of carbonyl (C=O) groups excluding carboxylic acids is 1. The van der Waals surface area contributed by atoms with E-state index < -0.39 is 22.9 Å². The zero-order chi connectivity index (χ0) is 11.6. The highest BCUT2D eigenvalue weighted by atomic mass is 35.5. The van der Waals surface area contributed by atoms with Gasteiger partial charge in [0.15, 0.2) is 0 Å². The van der Waals surface area contributed by atoms with Gasteiger partial charge in [0.2, 0.25) is 0 Å². The maximum atomic E-state index is 13.2. The van der Waals surface area contributed by atoms with E-state index in [-0.39, 0.29) is 10.6 Å². The van der Waals surface area contributed by atoms with Crippen molar-refractivity contribution in [1.82, 2.24) is 0 Å². The summed E-state index contributed by atoms with van der Waals surface area (Å²) in [5.41, 5.74) is -0.312. The Balaban J connectivity index is 3.16. The molecule has 0 spiro atoms. The second-order valence-electron chi connectivity index (χ2n) is 2.67. The first-order valence-corrected chi connectivity index (χ1v) is 4.61. The molecule has 0 radical (unpaired) electrons. The lowest BCUT2D eigenvalue weighted by atomic mass is 10.1. The highest BCUT2D eigenvalue weighted by Gasteiger charge is 2.28. The summed E-state index contributed by atoms with van der Waals surface area (Å²) in [5, 5.41) is 6.70. The molecule has 0 aliphatic heterocycles. The maximum Gasteiger partial charge on any atom is 0.374 e. The molecule has 1 atom stereocenters. The van der Waals surface area contributed by atoms with Crippen molar-refractivity contribution in [2.45, 2.75) is 5.38 Å². The highest BCUT2D eigenvalue weighted by molar-refractivity contribution is 6.47. The molecular weight excluding hydrogens is 246 g/mol. The number of carboxylic acid groups (broad SMARTS) is 1. The molecule has 15 heavy (non-hydrogen) atoms. The van der Waals surface area contributed by atoms with E-state index in [1.54, 1.807) is 0 Å². The van der Waals surface area contributed by atoms with E-state index in [1.165, 1.54) is 12.1 Å². The molecule has 1 aromatic rings. The fourth-order valence-corrected chi connectivity index (χ4v) is 1.64. The second kappa shape index (κ2) is 4.59. The molecule has 1 rings (SSSR count). The van der Waals surface area contributed by atoms with Crippen LogP contribution in [0.1, 0.15) is 10.9 Å². The summed E-state index contributed by atoms with van der Waals surface area (Å²) in [7, 11) is 0. The Kier molecular flexibility index (Phi) is 3.66. The third-order valence-corrected chi connectivity index (χ3v) is 2.44.